The maximum atomic E-state index is 13.3. The summed E-state index contributed by atoms with van der Waals surface area (Å²) in [5.74, 6) is 0.390. The Hall–Kier alpha value is -3.77. The molecule has 0 fully saturated rings. The molecule has 0 aliphatic heterocycles. The first-order chi connectivity index (χ1) is 14.6. The molecule has 0 aliphatic carbocycles. The predicted octanol–water partition coefficient (Wildman–Crippen LogP) is 4.25. The molecule has 2 aromatic heterocycles. The third-order valence-electron chi connectivity index (χ3n) is 5.01. The van der Waals surface area contributed by atoms with Gasteiger partial charge in [0, 0.05) is 16.1 Å². The van der Waals surface area contributed by atoms with Gasteiger partial charge in [-0.3, -0.25) is 18.6 Å². The highest BCUT2D eigenvalue weighted by atomic mass is 35.5. The number of para-hydroxylation sites is 2. The fourth-order valence-electron chi connectivity index (χ4n) is 3.56. The van der Waals surface area contributed by atoms with Crippen LogP contribution in [0, 0.1) is 0 Å². The van der Waals surface area contributed by atoms with Crippen molar-refractivity contribution in [2.75, 3.05) is 0 Å². The Morgan fingerprint density at radius 1 is 0.833 bits per heavy atom. The zero-order valence-corrected chi connectivity index (χ0v) is 16.5. The van der Waals surface area contributed by atoms with Crippen LogP contribution in [0.3, 0.4) is 0 Å². The quantitative estimate of drug-likeness (QED) is 0.412. The fourth-order valence-corrected chi connectivity index (χ4v) is 3.69. The minimum atomic E-state index is -0.370. The standard InChI is InChI=1S/C23H15ClN4O2/c24-17-12-10-16(11-13-17)21-25-26-22-23(30)27(14-20(29)15-6-2-1-3-7-15)18-8-4-5-9-19(18)28(21)22/h1-13H,14H2. The second-order valence-electron chi connectivity index (χ2n) is 6.86. The van der Waals surface area contributed by atoms with Crippen molar-refractivity contribution < 1.29 is 4.79 Å². The minimum absolute atomic E-state index is 0.0804. The zero-order valence-electron chi connectivity index (χ0n) is 15.7. The summed E-state index contributed by atoms with van der Waals surface area (Å²) in [5, 5.41) is 9.01. The van der Waals surface area contributed by atoms with Crippen molar-refractivity contribution in [3.8, 4) is 11.4 Å². The highest BCUT2D eigenvalue weighted by molar-refractivity contribution is 6.30. The van der Waals surface area contributed by atoms with E-state index in [9.17, 15) is 9.59 Å². The van der Waals surface area contributed by atoms with E-state index in [2.05, 4.69) is 10.2 Å². The van der Waals surface area contributed by atoms with E-state index < -0.39 is 0 Å². The molecule has 0 radical (unpaired) electrons. The molecule has 0 atom stereocenters. The van der Waals surface area contributed by atoms with Gasteiger partial charge in [0.05, 0.1) is 17.6 Å². The first kappa shape index (κ1) is 18.3. The first-order valence-corrected chi connectivity index (χ1v) is 9.72. The maximum Gasteiger partial charge on any atom is 0.297 e. The van der Waals surface area contributed by atoms with Crippen molar-refractivity contribution in [2.45, 2.75) is 6.54 Å². The molecule has 146 valence electrons. The highest BCUT2D eigenvalue weighted by Gasteiger charge is 2.19. The summed E-state index contributed by atoms with van der Waals surface area (Å²) in [5.41, 5.74) is 2.51. The van der Waals surface area contributed by atoms with E-state index in [0.29, 0.717) is 21.9 Å². The number of benzene rings is 3. The lowest BCUT2D eigenvalue weighted by molar-refractivity contribution is 0.0972. The number of hydrogen-bond acceptors (Lipinski definition) is 4. The lowest BCUT2D eigenvalue weighted by Crippen LogP contribution is -2.27. The van der Waals surface area contributed by atoms with E-state index in [1.807, 2.05) is 42.5 Å². The van der Waals surface area contributed by atoms with Crippen LogP contribution >= 0.6 is 11.6 Å². The molecule has 0 saturated heterocycles. The number of hydrogen-bond donors (Lipinski definition) is 0. The number of ketones is 1. The Morgan fingerprint density at radius 3 is 2.23 bits per heavy atom. The molecule has 0 unspecified atom stereocenters. The maximum absolute atomic E-state index is 13.3. The van der Waals surface area contributed by atoms with Crippen LogP contribution in [0.15, 0.2) is 83.7 Å². The Labute approximate surface area is 176 Å². The van der Waals surface area contributed by atoms with Crippen molar-refractivity contribution in [1.82, 2.24) is 19.2 Å². The summed E-state index contributed by atoms with van der Waals surface area (Å²) in [6.45, 7) is -0.0804. The molecular weight excluding hydrogens is 400 g/mol. The highest BCUT2D eigenvalue weighted by Crippen LogP contribution is 2.24. The zero-order chi connectivity index (χ0) is 20.7. The van der Waals surface area contributed by atoms with Crippen LogP contribution in [0.1, 0.15) is 10.4 Å². The van der Waals surface area contributed by atoms with Crippen molar-refractivity contribution in [3.05, 3.63) is 99.8 Å². The number of fused-ring (bicyclic) bond motifs is 3. The van der Waals surface area contributed by atoms with E-state index >= 15 is 0 Å². The molecule has 0 amide bonds. The fraction of sp³-hybridized carbons (Fsp3) is 0.0435. The van der Waals surface area contributed by atoms with Gasteiger partial charge in [-0.05, 0) is 36.4 Å². The normalized spacial score (nSPS) is 11.2. The van der Waals surface area contributed by atoms with Crippen LogP contribution in [0.25, 0.3) is 28.1 Å². The van der Waals surface area contributed by atoms with Crippen molar-refractivity contribution in [3.63, 3.8) is 0 Å². The van der Waals surface area contributed by atoms with Gasteiger partial charge in [-0.1, -0.05) is 54.1 Å². The van der Waals surface area contributed by atoms with E-state index in [1.54, 1.807) is 40.8 Å². The SMILES string of the molecule is O=C(Cn1c(=O)c2nnc(-c3ccc(Cl)cc3)n2c2ccccc21)c1ccccc1. The number of Topliss-reactive ketones (excluding diaryl/α,β-unsaturated/α-hetero) is 1. The van der Waals surface area contributed by atoms with Crippen LogP contribution < -0.4 is 5.56 Å². The lowest BCUT2D eigenvalue weighted by Gasteiger charge is -2.12. The van der Waals surface area contributed by atoms with Gasteiger partial charge in [-0.2, -0.15) is 0 Å². The lowest BCUT2D eigenvalue weighted by atomic mass is 10.1. The summed E-state index contributed by atoms with van der Waals surface area (Å²) in [6.07, 6.45) is 0. The van der Waals surface area contributed by atoms with E-state index in [-0.39, 0.29) is 23.5 Å². The van der Waals surface area contributed by atoms with E-state index in [0.717, 1.165) is 11.1 Å². The second kappa shape index (κ2) is 7.24. The molecule has 0 bridgehead atoms. The smallest absolute Gasteiger partial charge is 0.296 e. The summed E-state index contributed by atoms with van der Waals surface area (Å²) in [4.78, 5) is 26.1. The summed E-state index contributed by atoms with van der Waals surface area (Å²) < 4.78 is 3.19. The molecule has 7 heteroatoms. The van der Waals surface area contributed by atoms with Gasteiger partial charge >= 0.3 is 0 Å². The largest absolute Gasteiger partial charge is 0.297 e. The van der Waals surface area contributed by atoms with Crippen LogP contribution in [-0.2, 0) is 6.54 Å². The Morgan fingerprint density at radius 2 is 1.50 bits per heavy atom. The molecule has 2 heterocycles. The monoisotopic (exact) mass is 414 g/mol. The molecule has 6 nitrogen and oxygen atoms in total. The van der Waals surface area contributed by atoms with Gasteiger partial charge in [0.1, 0.15) is 0 Å². The number of carbonyl (C=O) groups excluding carboxylic acids is 1. The van der Waals surface area contributed by atoms with Crippen LogP contribution in [0.5, 0.6) is 0 Å². The van der Waals surface area contributed by atoms with Gasteiger partial charge in [-0.25, -0.2) is 0 Å². The number of aromatic nitrogens is 4. The average Bonchev–Trinajstić information content (AvgIpc) is 3.23. The molecule has 0 aliphatic rings. The number of carbonyl (C=O) groups is 1. The van der Waals surface area contributed by atoms with Crippen LogP contribution in [0.2, 0.25) is 5.02 Å². The van der Waals surface area contributed by atoms with E-state index in [1.165, 1.54) is 4.57 Å². The molecule has 3 aromatic carbocycles. The third-order valence-corrected chi connectivity index (χ3v) is 5.26. The number of halogens is 1. The number of nitrogens with zero attached hydrogens (tertiary/aromatic N) is 4. The second-order valence-corrected chi connectivity index (χ2v) is 7.30. The van der Waals surface area contributed by atoms with Crippen LogP contribution in [0.4, 0.5) is 0 Å². The van der Waals surface area contributed by atoms with Crippen molar-refractivity contribution in [1.29, 1.82) is 0 Å². The molecule has 0 saturated carbocycles. The molecule has 5 rings (SSSR count). The predicted molar refractivity (Wildman–Crippen MR) is 116 cm³/mol. The molecule has 30 heavy (non-hydrogen) atoms. The van der Waals surface area contributed by atoms with E-state index in [4.69, 9.17) is 11.6 Å². The number of rotatable bonds is 4. The van der Waals surface area contributed by atoms with Gasteiger partial charge in [0.2, 0.25) is 5.65 Å². The van der Waals surface area contributed by atoms with Crippen molar-refractivity contribution in [2.24, 2.45) is 0 Å². The Balaban J connectivity index is 1.74. The Kier molecular flexibility index (Phi) is 4.41. The average molecular weight is 415 g/mol. The topological polar surface area (TPSA) is 69.3 Å². The molecule has 0 spiro atoms. The molecule has 0 N–H and O–H groups in total. The third kappa shape index (κ3) is 2.98. The molecular formula is C23H15ClN4O2. The van der Waals surface area contributed by atoms with Crippen LogP contribution in [-0.4, -0.2) is 24.9 Å². The first-order valence-electron chi connectivity index (χ1n) is 9.34. The molecule has 5 aromatic rings. The van der Waals surface area contributed by atoms with Gasteiger partial charge in [-0.15, -0.1) is 10.2 Å². The Bertz CT molecular complexity index is 1450. The van der Waals surface area contributed by atoms with Gasteiger partial charge < -0.3 is 0 Å². The van der Waals surface area contributed by atoms with Gasteiger partial charge in [0.25, 0.3) is 5.56 Å². The minimum Gasteiger partial charge on any atom is -0.296 e. The summed E-state index contributed by atoms with van der Waals surface area (Å²) in [7, 11) is 0. The summed E-state index contributed by atoms with van der Waals surface area (Å²) >= 11 is 6.00. The van der Waals surface area contributed by atoms with Gasteiger partial charge in [0.15, 0.2) is 11.6 Å². The van der Waals surface area contributed by atoms with Crippen molar-refractivity contribution >= 4 is 34.1 Å². The summed E-state index contributed by atoms with van der Waals surface area (Å²) in [6, 6.07) is 23.5.